The minimum absolute atomic E-state index is 0.143. The predicted octanol–water partition coefficient (Wildman–Crippen LogP) is 0.437. The summed E-state index contributed by atoms with van der Waals surface area (Å²) in [7, 11) is 0. The number of nitrogens with zero attached hydrogens (tertiary/aromatic N) is 2. The molecule has 1 fully saturated rings. The number of hydrogen-bond acceptors (Lipinski definition) is 6. The summed E-state index contributed by atoms with van der Waals surface area (Å²) >= 11 is 0. The molecule has 6 nitrogen and oxygen atoms in total. The Morgan fingerprint density at radius 3 is 3.06 bits per heavy atom. The molecule has 2 atom stereocenters. The van der Waals surface area contributed by atoms with Crippen LogP contribution in [0.4, 0.5) is 0 Å². The Kier molecular flexibility index (Phi) is 3.87. The predicted molar refractivity (Wildman–Crippen MR) is 55.8 cm³/mol. The van der Waals surface area contributed by atoms with Crippen molar-refractivity contribution < 1.29 is 14.0 Å². The highest BCUT2D eigenvalue weighted by Crippen LogP contribution is 2.18. The van der Waals surface area contributed by atoms with Crippen molar-refractivity contribution in [3.8, 4) is 0 Å². The van der Waals surface area contributed by atoms with Crippen LogP contribution in [0.15, 0.2) is 4.52 Å². The molecule has 6 heteroatoms. The number of ether oxygens (including phenoxy) is 2. The molecular weight excluding hydrogens is 210 g/mol. The van der Waals surface area contributed by atoms with Gasteiger partial charge in [0.2, 0.25) is 11.7 Å². The second-order valence-electron chi connectivity index (χ2n) is 4.00. The van der Waals surface area contributed by atoms with Crippen LogP contribution >= 0.6 is 0 Å². The van der Waals surface area contributed by atoms with E-state index in [4.69, 9.17) is 19.7 Å². The van der Waals surface area contributed by atoms with Gasteiger partial charge in [0.1, 0.15) is 6.10 Å². The van der Waals surface area contributed by atoms with Crippen molar-refractivity contribution in [2.24, 2.45) is 5.73 Å². The molecule has 1 aromatic heterocycles. The SMILES string of the molecule is CC(N)CCc1nc(C2COCCO2)no1. The Morgan fingerprint density at radius 1 is 1.50 bits per heavy atom. The lowest BCUT2D eigenvalue weighted by Gasteiger charge is -2.19. The molecule has 1 aliphatic heterocycles. The molecule has 0 spiro atoms. The van der Waals surface area contributed by atoms with Crippen LogP contribution < -0.4 is 5.73 Å². The largest absolute Gasteiger partial charge is 0.376 e. The van der Waals surface area contributed by atoms with E-state index in [0.717, 1.165) is 6.42 Å². The van der Waals surface area contributed by atoms with Crippen molar-refractivity contribution in [3.05, 3.63) is 11.7 Å². The van der Waals surface area contributed by atoms with Crippen LogP contribution in [0.25, 0.3) is 0 Å². The third-order valence-electron chi connectivity index (χ3n) is 2.40. The van der Waals surface area contributed by atoms with Gasteiger partial charge in [0.05, 0.1) is 19.8 Å². The van der Waals surface area contributed by atoms with Crippen molar-refractivity contribution in [3.63, 3.8) is 0 Å². The summed E-state index contributed by atoms with van der Waals surface area (Å²) in [6, 6.07) is 0.143. The molecule has 16 heavy (non-hydrogen) atoms. The van der Waals surface area contributed by atoms with Gasteiger partial charge < -0.3 is 19.7 Å². The first-order valence-corrected chi connectivity index (χ1v) is 5.53. The van der Waals surface area contributed by atoms with Gasteiger partial charge in [-0.15, -0.1) is 0 Å². The van der Waals surface area contributed by atoms with Crippen LogP contribution in [0.2, 0.25) is 0 Å². The van der Waals surface area contributed by atoms with Gasteiger partial charge in [-0.05, 0) is 13.3 Å². The number of hydrogen-bond donors (Lipinski definition) is 1. The van der Waals surface area contributed by atoms with Gasteiger partial charge in [-0.3, -0.25) is 0 Å². The molecule has 0 aliphatic carbocycles. The topological polar surface area (TPSA) is 83.4 Å². The molecule has 2 N–H and O–H groups in total. The van der Waals surface area contributed by atoms with Crippen LogP contribution in [0.3, 0.4) is 0 Å². The van der Waals surface area contributed by atoms with Crippen LogP contribution in [0.1, 0.15) is 31.2 Å². The Balaban J connectivity index is 1.90. The molecule has 1 saturated heterocycles. The van der Waals surface area contributed by atoms with Gasteiger partial charge >= 0.3 is 0 Å². The van der Waals surface area contributed by atoms with E-state index in [1.54, 1.807) is 0 Å². The number of aryl methyl sites for hydroxylation is 1. The van der Waals surface area contributed by atoms with E-state index in [1.807, 2.05) is 6.92 Å². The van der Waals surface area contributed by atoms with E-state index >= 15 is 0 Å². The van der Waals surface area contributed by atoms with E-state index in [-0.39, 0.29) is 12.1 Å². The Hall–Kier alpha value is -0.980. The van der Waals surface area contributed by atoms with Gasteiger partial charge in [0.25, 0.3) is 0 Å². The maximum atomic E-state index is 5.66. The maximum Gasteiger partial charge on any atom is 0.226 e. The summed E-state index contributed by atoms with van der Waals surface area (Å²) < 4.78 is 15.9. The lowest BCUT2D eigenvalue weighted by molar-refractivity contribution is -0.0941. The number of aromatic nitrogens is 2. The fraction of sp³-hybridized carbons (Fsp3) is 0.800. The van der Waals surface area contributed by atoms with Crippen molar-refractivity contribution in [1.29, 1.82) is 0 Å². The summed E-state index contributed by atoms with van der Waals surface area (Å²) in [5, 5.41) is 3.89. The molecule has 2 unspecified atom stereocenters. The minimum atomic E-state index is -0.193. The van der Waals surface area contributed by atoms with Gasteiger partial charge in [-0.1, -0.05) is 5.16 Å². The van der Waals surface area contributed by atoms with E-state index < -0.39 is 0 Å². The fourth-order valence-corrected chi connectivity index (χ4v) is 1.49. The first-order chi connectivity index (χ1) is 7.75. The third kappa shape index (κ3) is 3.01. The zero-order valence-electron chi connectivity index (χ0n) is 9.39. The minimum Gasteiger partial charge on any atom is -0.376 e. The average Bonchev–Trinajstić information content (AvgIpc) is 2.76. The first-order valence-electron chi connectivity index (χ1n) is 5.53. The van der Waals surface area contributed by atoms with Crippen LogP contribution in [0, 0.1) is 0 Å². The van der Waals surface area contributed by atoms with Crippen LogP contribution in [-0.2, 0) is 15.9 Å². The molecule has 0 aromatic carbocycles. The van der Waals surface area contributed by atoms with E-state index in [2.05, 4.69) is 10.1 Å². The fourth-order valence-electron chi connectivity index (χ4n) is 1.49. The lowest BCUT2D eigenvalue weighted by atomic mass is 10.2. The highest BCUT2D eigenvalue weighted by molar-refractivity contribution is 4.92. The summed E-state index contributed by atoms with van der Waals surface area (Å²) in [5.41, 5.74) is 5.66. The smallest absolute Gasteiger partial charge is 0.226 e. The van der Waals surface area contributed by atoms with Crippen molar-refractivity contribution in [2.45, 2.75) is 31.9 Å². The first kappa shape index (κ1) is 11.5. The molecule has 2 rings (SSSR count). The Labute approximate surface area is 94.1 Å². The van der Waals surface area contributed by atoms with Crippen LogP contribution in [0.5, 0.6) is 0 Å². The maximum absolute atomic E-state index is 5.66. The Morgan fingerprint density at radius 2 is 2.38 bits per heavy atom. The highest BCUT2D eigenvalue weighted by Gasteiger charge is 2.22. The van der Waals surface area contributed by atoms with E-state index in [9.17, 15) is 0 Å². The van der Waals surface area contributed by atoms with Gasteiger partial charge in [0.15, 0.2) is 0 Å². The summed E-state index contributed by atoms with van der Waals surface area (Å²) in [6.07, 6.45) is 1.35. The zero-order valence-corrected chi connectivity index (χ0v) is 9.39. The third-order valence-corrected chi connectivity index (χ3v) is 2.40. The lowest BCUT2D eigenvalue weighted by Crippen LogP contribution is -2.22. The van der Waals surface area contributed by atoms with Crippen LogP contribution in [-0.4, -0.2) is 36.0 Å². The van der Waals surface area contributed by atoms with Crippen molar-refractivity contribution in [2.75, 3.05) is 19.8 Å². The molecule has 1 aliphatic rings. The zero-order chi connectivity index (χ0) is 11.4. The van der Waals surface area contributed by atoms with Crippen molar-refractivity contribution in [1.82, 2.24) is 10.1 Å². The molecule has 0 amide bonds. The monoisotopic (exact) mass is 227 g/mol. The quantitative estimate of drug-likeness (QED) is 0.803. The standard InChI is InChI=1S/C10H17N3O3/c1-7(11)2-3-9-12-10(13-16-9)8-6-14-4-5-15-8/h7-8H,2-6,11H2,1H3. The summed E-state index contributed by atoms with van der Waals surface area (Å²) in [6.45, 7) is 3.65. The molecule has 90 valence electrons. The van der Waals surface area contributed by atoms with Gasteiger partial charge in [0, 0.05) is 12.5 Å². The molecule has 0 saturated carbocycles. The van der Waals surface area contributed by atoms with Crippen molar-refractivity contribution >= 4 is 0 Å². The summed E-state index contributed by atoms with van der Waals surface area (Å²) in [5.74, 6) is 1.18. The number of nitrogens with two attached hydrogens (primary N) is 1. The van der Waals surface area contributed by atoms with Gasteiger partial charge in [-0.25, -0.2) is 0 Å². The molecule has 1 aromatic rings. The average molecular weight is 227 g/mol. The van der Waals surface area contributed by atoms with E-state index in [0.29, 0.717) is 38.0 Å². The normalized spacial score (nSPS) is 23.2. The second kappa shape index (κ2) is 5.38. The van der Waals surface area contributed by atoms with E-state index in [1.165, 1.54) is 0 Å². The molecule has 0 bridgehead atoms. The Bertz CT molecular complexity index is 321. The summed E-state index contributed by atoms with van der Waals surface area (Å²) in [4.78, 5) is 4.27. The molecular formula is C10H17N3O3. The van der Waals surface area contributed by atoms with Gasteiger partial charge in [-0.2, -0.15) is 4.98 Å². The molecule has 0 radical (unpaired) electrons. The number of rotatable bonds is 4. The molecule has 2 heterocycles. The highest BCUT2D eigenvalue weighted by atomic mass is 16.6. The second-order valence-corrected chi connectivity index (χ2v) is 4.00.